The topological polar surface area (TPSA) is 42.9 Å². The van der Waals surface area contributed by atoms with E-state index in [0.717, 1.165) is 22.4 Å². The Kier molecular flexibility index (Phi) is 6.42. The van der Waals surface area contributed by atoms with Gasteiger partial charge in [-0.05, 0) is 143 Å². The average Bonchev–Trinajstić information content (AvgIpc) is 2.76. The Balaban J connectivity index is 2.12. The van der Waals surface area contributed by atoms with Crippen LogP contribution in [0.4, 0.5) is 0 Å². The van der Waals surface area contributed by atoms with Crippen molar-refractivity contribution in [3.8, 4) is 0 Å². The molecule has 168 valence electrons. The zero-order valence-electron chi connectivity index (χ0n) is 21.6. The highest BCUT2D eigenvalue weighted by molar-refractivity contribution is 6.10. The normalized spacial score (nSPS) is 11.2. The molecule has 0 aliphatic carbocycles. The lowest BCUT2D eigenvalue weighted by atomic mass is 9.86. The molecule has 1 heterocycles. The van der Waals surface area contributed by atoms with Crippen LogP contribution in [0.25, 0.3) is 0 Å². The highest BCUT2D eigenvalue weighted by Gasteiger charge is 2.22. The van der Waals surface area contributed by atoms with Crippen LogP contribution in [0.3, 0.4) is 0 Å². The van der Waals surface area contributed by atoms with E-state index in [9.17, 15) is 4.79 Å². The monoisotopic (exact) mass is 428 g/mol. The third-order valence-corrected chi connectivity index (χ3v) is 7.86. The summed E-state index contributed by atoms with van der Waals surface area (Å²) < 4.78 is 0. The lowest BCUT2D eigenvalue weighted by Gasteiger charge is -2.19. The van der Waals surface area contributed by atoms with Crippen molar-refractivity contribution in [2.45, 2.75) is 82.6 Å². The predicted octanol–water partition coefficient (Wildman–Crippen LogP) is 6.69. The number of hydrogen-bond acceptors (Lipinski definition) is 3. The van der Waals surface area contributed by atoms with Crippen LogP contribution in [0.5, 0.6) is 0 Å². The van der Waals surface area contributed by atoms with Crippen molar-refractivity contribution in [3.05, 3.63) is 90.0 Å². The van der Waals surface area contributed by atoms with Crippen LogP contribution in [0.1, 0.15) is 88.8 Å². The van der Waals surface area contributed by atoms with Gasteiger partial charge in [0.1, 0.15) is 11.5 Å². The maximum atomic E-state index is 13.7. The largest absolute Gasteiger partial charge is 0.287 e. The minimum Gasteiger partial charge on any atom is -0.287 e. The van der Waals surface area contributed by atoms with Crippen molar-refractivity contribution >= 4 is 5.78 Å². The minimum atomic E-state index is -0.0114. The second-order valence-electron chi connectivity index (χ2n) is 9.40. The predicted molar refractivity (Wildman–Crippen MR) is 133 cm³/mol. The van der Waals surface area contributed by atoms with Gasteiger partial charge in [0.25, 0.3) is 0 Å². The quantitative estimate of drug-likeness (QED) is 0.435. The molecule has 2 aromatic carbocycles. The second kappa shape index (κ2) is 8.61. The number of aromatic nitrogens is 2. The van der Waals surface area contributed by atoms with Crippen molar-refractivity contribution in [1.82, 2.24) is 9.97 Å². The number of benzene rings is 2. The number of rotatable bonds is 4. The van der Waals surface area contributed by atoms with E-state index < -0.39 is 0 Å². The fourth-order valence-electron chi connectivity index (χ4n) is 4.83. The van der Waals surface area contributed by atoms with Crippen LogP contribution in [-0.2, 0) is 6.42 Å². The van der Waals surface area contributed by atoms with E-state index in [-0.39, 0.29) is 5.78 Å². The number of aryl methyl sites for hydroxylation is 1. The SMILES string of the molecule is Cc1nc(Cc2c(C)c(C)c(C)c(C)c2C)cc(C(=O)c2c(C)c(C)c(C)c(C)c2C)n1. The van der Waals surface area contributed by atoms with E-state index in [1.807, 2.05) is 26.8 Å². The molecule has 0 spiro atoms. The maximum Gasteiger partial charge on any atom is 0.212 e. The van der Waals surface area contributed by atoms with Crippen LogP contribution < -0.4 is 0 Å². The third kappa shape index (κ3) is 3.90. The summed E-state index contributed by atoms with van der Waals surface area (Å²) in [6, 6.07) is 1.89. The van der Waals surface area contributed by atoms with Gasteiger partial charge in [0.15, 0.2) is 0 Å². The molecular weight excluding hydrogens is 392 g/mol. The molecule has 3 aromatic rings. The molecule has 0 aliphatic heterocycles. The molecule has 0 N–H and O–H groups in total. The van der Waals surface area contributed by atoms with Crippen LogP contribution in [0, 0.1) is 76.2 Å². The minimum absolute atomic E-state index is 0.0114. The molecule has 1 aromatic heterocycles. The smallest absolute Gasteiger partial charge is 0.212 e. The summed E-state index contributed by atoms with van der Waals surface area (Å²) in [6.07, 6.45) is 0.702. The first-order chi connectivity index (χ1) is 14.9. The standard InChI is InChI=1S/C29H36N2O/c1-14-16(3)20(7)26(21(8)17(14)4)12-25-13-27(31-24(11)30-25)29(32)28-22(9)18(5)15(2)19(6)23(28)10/h13H,12H2,1-11H3. The van der Waals surface area contributed by atoms with Gasteiger partial charge in [-0.25, -0.2) is 9.97 Å². The number of hydrogen-bond donors (Lipinski definition) is 0. The van der Waals surface area contributed by atoms with Gasteiger partial charge in [0, 0.05) is 17.7 Å². The van der Waals surface area contributed by atoms with Gasteiger partial charge in [-0.15, -0.1) is 0 Å². The van der Waals surface area contributed by atoms with E-state index in [2.05, 4.69) is 60.4 Å². The van der Waals surface area contributed by atoms with Crippen molar-refractivity contribution in [1.29, 1.82) is 0 Å². The molecule has 0 bridgehead atoms. The Hall–Kier alpha value is -2.81. The molecule has 3 heteroatoms. The van der Waals surface area contributed by atoms with Crippen molar-refractivity contribution < 1.29 is 4.79 Å². The Morgan fingerprint density at radius 2 is 1.00 bits per heavy atom. The van der Waals surface area contributed by atoms with E-state index in [0.29, 0.717) is 17.9 Å². The van der Waals surface area contributed by atoms with Gasteiger partial charge in [0.2, 0.25) is 5.78 Å². The Morgan fingerprint density at radius 3 is 1.47 bits per heavy atom. The van der Waals surface area contributed by atoms with Crippen LogP contribution in [0.2, 0.25) is 0 Å². The maximum absolute atomic E-state index is 13.7. The van der Waals surface area contributed by atoms with E-state index in [4.69, 9.17) is 4.98 Å². The zero-order chi connectivity index (χ0) is 24.1. The Morgan fingerprint density at radius 1 is 0.594 bits per heavy atom. The highest BCUT2D eigenvalue weighted by atomic mass is 16.1. The van der Waals surface area contributed by atoms with Gasteiger partial charge >= 0.3 is 0 Å². The zero-order valence-corrected chi connectivity index (χ0v) is 21.6. The Labute approximate surface area is 193 Å². The molecule has 0 saturated carbocycles. The van der Waals surface area contributed by atoms with Gasteiger partial charge in [0.05, 0.1) is 0 Å². The molecule has 0 amide bonds. The molecule has 0 fully saturated rings. The van der Waals surface area contributed by atoms with Gasteiger partial charge in [-0.2, -0.15) is 0 Å². The number of carbonyl (C=O) groups is 1. The van der Waals surface area contributed by atoms with E-state index in [1.54, 1.807) is 0 Å². The highest BCUT2D eigenvalue weighted by Crippen LogP contribution is 2.30. The van der Waals surface area contributed by atoms with Crippen molar-refractivity contribution in [2.75, 3.05) is 0 Å². The summed E-state index contributed by atoms with van der Waals surface area (Å²) in [5.74, 6) is 0.625. The summed E-state index contributed by atoms with van der Waals surface area (Å²) in [5, 5.41) is 0. The third-order valence-electron chi connectivity index (χ3n) is 7.86. The first-order valence-electron chi connectivity index (χ1n) is 11.4. The molecule has 32 heavy (non-hydrogen) atoms. The van der Waals surface area contributed by atoms with Crippen molar-refractivity contribution in [2.24, 2.45) is 0 Å². The number of carbonyl (C=O) groups excluding carboxylic acids is 1. The first kappa shape index (κ1) is 23.8. The Bertz CT molecular complexity index is 1210. The molecule has 3 rings (SSSR count). The van der Waals surface area contributed by atoms with Gasteiger partial charge in [-0.1, -0.05) is 0 Å². The molecule has 0 aliphatic rings. The molecule has 0 unspecified atom stereocenters. The number of nitrogens with zero attached hydrogens (tertiary/aromatic N) is 2. The number of ketones is 1. The van der Waals surface area contributed by atoms with Gasteiger partial charge in [-0.3, -0.25) is 4.79 Å². The molecule has 0 atom stereocenters. The summed E-state index contributed by atoms with van der Waals surface area (Å²) >= 11 is 0. The fourth-order valence-corrected chi connectivity index (χ4v) is 4.83. The molecule has 3 nitrogen and oxygen atoms in total. The molecular formula is C29H36N2O. The van der Waals surface area contributed by atoms with E-state index in [1.165, 1.54) is 50.1 Å². The van der Waals surface area contributed by atoms with Crippen LogP contribution >= 0.6 is 0 Å². The summed E-state index contributed by atoms with van der Waals surface area (Å²) in [5.41, 5.74) is 15.8. The molecule has 0 saturated heterocycles. The summed E-state index contributed by atoms with van der Waals surface area (Å²) in [6.45, 7) is 23.2. The van der Waals surface area contributed by atoms with Crippen molar-refractivity contribution in [3.63, 3.8) is 0 Å². The molecule has 0 radical (unpaired) electrons. The average molecular weight is 429 g/mol. The second-order valence-corrected chi connectivity index (χ2v) is 9.40. The van der Waals surface area contributed by atoms with Gasteiger partial charge < -0.3 is 0 Å². The fraction of sp³-hybridized carbons (Fsp3) is 0.414. The summed E-state index contributed by atoms with van der Waals surface area (Å²) in [4.78, 5) is 22.9. The summed E-state index contributed by atoms with van der Waals surface area (Å²) in [7, 11) is 0. The lowest BCUT2D eigenvalue weighted by molar-refractivity contribution is 0.103. The lowest BCUT2D eigenvalue weighted by Crippen LogP contribution is -2.14. The van der Waals surface area contributed by atoms with E-state index >= 15 is 0 Å². The van der Waals surface area contributed by atoms with Crippen LogP contribution in [-0.4, -0.2) is 15.8 Å². The first-order valence-corrected chi connectivity index (χ1v) is 11.4. The van der Waals surface area contributed by atoms with Crippen LogP contribution in [0.15, 0.2) is 6.07 Å².